The van der Waals surface area contributed by atoms with E-state index in [0.717, 1.165) is 18.4 Å². The first-order chi connectivity index (χ1) is 15.5. The highest BCUT2D eigenvalue weighted by molar-refractivity contribution is 5.95. The summed E-state index contributed by atoms with van der Waals surface area (Å²) in [6, 6.07) is 13.3. The highest BCUT2D eigenvalue weighted by Gasteiger charge is 2.27. The minimum atomic E-state index is -0.0788. The molecule has 1 heterocycles. The zero-order chi connectivity index (χ0) is 23.1. The molecule has 7 heteroatoms. The van der Waals surface area contributed by atoms with Gasteiger partial charge in [0.25, 0.3) is 5.91 Å². The lowest BCUT2D eigenvalue weighted by atomic mass is 9.92. The minimum absolute atomic E-state index is 0.0228. The van der Waals surface area contributed by atoms with Crippen molar-refractivity contribution in [1.82, 2.24) is 10.2 Å². The van der Waals surface area contributed by atoms with E-state index in [1.807, 2.05) is 42.2 Å². The second-order valence-electron chi connectivity index (χ2n) is 8.05. The number of nitrogens with one attached hydrogen (secondary N) is 1. The van der Waals surface area contributed by atoms with Crippen molar-refractivity contribution in [2.24, 2.45) is 5.92 Å². The first-order valence-corrected chi connectivity index (χ1v) is 10.9. The summed E-state index contributed by atoms with van der Waals surface area (Å²) in [5.74, 6) is 1.60. The molecule has 3 rings (SSSR count). The van der Waals surface area contributed by atoms with E-state index >= 15 is 0 Å². The van der Waals surface area contributed by atoms with E-state index in [0.29, 0.717) is 42.3 Å². The Bertz CT molecular complexity index is 898. The summed E-state index contributed by atoms with van der Waals surface area (Å²) in [7, 11) is 4.59. The van der Waals surface area contributed by atoms with Gasteiger partial charge in [-0.2, -0.15) is 0 Å². The van der Waals surface area contributed by atoms with Crippen molar-refractivity contribution in [2.75, 3.05) is 34.4 Å². The average molecular weight is 441 g/mol. The van der Waals surface area contributed by atoms with Crippen molar-refractivity contribution in [2.45, 2.75) is 32.2 Å². The summed E-state index contributed by atoms with van der Waals surface area (Å²) < 4.78 is 16.1. The van der Waals surface area contributed by atoms with Gasteiger partial charge in [0.05, 0.1) is 27.4 Å². The zero-order valence-electron chi connectivity index (χ0n) is 19.2. The summed E-state index contributed by atoms with van der Waals surface area (Å²) in [5.41, 5.74) is 1.58. The van der Waals surface area contributed by atoms with Crippen molar-refractivity contribution >= 4 is 11.8 Å². The van der Waals surface area contributed by atoms with Crippen molar-refractivity contribution in [3.8, 4) is 17.2 Å². The normalized spacial score (nSPS) is 15.1. The van der Waals surface area contributed by atoms with Gasteiger partial charge in [-0.05, 0) is 43.4 Å². The van der Waals surface area contributed by atoms with Crippen LogP contribution in [0.5, 0.6) is 17.2 Å². The third kappa shape index (κ3) is 5.52. The van der Waals surface area contributed by atoms with E-state index in [1.165, 1.54) is 21.3 Å². The van der Waals surface area contributed by atoms with Crippen LogP contribution in [0.15, 0.2) is 42.5 Å². The van der Waals surface area contributed by atoms with Crippen LogP contribution in [-0.2, 0) is 4.79 Å². The third-order valence-electron chi connectivity index (χ3n) is 5.96. The molecule has 2 aromatic rings. The van der Waals surface area contributed by atoms with Gasteiger partial charge in [-0.15, -0.1) is 0 Å². The number of piperidine rings is 1. The fraction of sp³-hybridized carbons (Fsp3) is 0.440. The molecule has 0 spiro atoms. The highest BCUT2D eigenvalue weighted by atomic mass is 16.5. The lowest BCUT2D eigenvalue weighted by molar-refractivity contribution is -0.122. The smallest absolute Gasteiger partial charge is 0.254 e. The topological polar surface area (TPSA) is 77.1 Å². The quantitative estimate of drug-likeness (QED) is 0.675. The summed E-state index contributed by atoms with van der Waals surface area (Å²) in [4.78, 5) is 27.4. The molecule has 1 atom stereocenters. The summed E-state index contributed by atoms with van der Waals surface area (Å²) in [6.45, 7) is 3.22. The number of methoxy groups -OCH3 is 3. The number of hydrogen-bond acceptors (Lipinski definition) is 5. The molecule has 1 saturated heterocycles. The van der Waals surface area contributed by atoms with Crippen LogP contribution in [0.1, 0.15) is 48.1 Å². The molecule has 1 unspecified atom stereocenters. The maximum absolute atomic E-state index is 13.1. The Morgan fingerprint density at radius 2 is 1.59 bits per heavy atom. The van der Waals surface area contributed by atoms with Gasteiger partial charge in [-0.1, -0.05) is 30.3 Å². The lowest BCUT2D eigenvalue weighted by Gasteiger charge is -2.32. The van der Waals surface area contributed by atoms with Crippen LogP contribution in [0.2, 0.25) is 0 Å². The predicted octanol–water partition coefficient (Wildman–Crippen LogP) is 3.83. The van der Waals surface area contributed by atoms with E-state index in [-0.39, 0.29) is 23.8 Å². The maximum atomic E-state index is 13.1. The monoisotopic (exact) mass is 440 g/mol. The molecule has 32 heavy (non-hydrogen) atoms. The Labute approximate surface area is 189 Å². The van der Waals surface area contributed by atoms with Gasteiger partial charge in [-0.25, -0.2) is 0 Å². The summed E-state index contributed by atoms with van der Waals surface area (Å²) in [5, 5.41) is 3.08. The van der Waals surface area contributed by atoms with Gasteiger partial charge in [-0.3, -0.25) is 9.59 Å². The first-order valence-electron chi connectivity index (χ1n) is 10.9. The van der Waals surface area contributed by atoms with Crippen molar-refractivity contribution in [1.29, 1.82) is 0 Å². The molecule has 1 aliphatic heterocycles. The summed E-state index contributed by atoms with van der Waals surface area (Å²) >= 11 is 0. The number of hydrogen-bond donors (Lipinski definition) is 1. The standard InChI is InChI=1S/C25H32N2O5/c1-17(19-8-6-5-7-9-19)26-23(28)14-18-10-12-27(13-11-18)25(29)20-15-21(30-2)24(32-4)22(16-20)31-3/h5-9,15-18H,10-14H2,1-4H3,(H,26,28). The number of ether oxygens (including phenoxy) is 3. The Morgan fingerprint density at radius 3 is 2.12 bits per heavy atom. The lowest BCUT2D eigenvalue weighted by Crippen LogP contribution is -2.39. The van der Waals surface area contributed by atoms with Crippen molar-refractivity contribution in [3.05, 3.63) is 53.6 Å². The van der Waals surface area contributed by atoms with Crippen LogP contribution in [0, 0.1) is 5.92 Å². The minimum Gasteiger partial charge on any atom is -0.493 e. The molecule has 7 nitrogen and oxygen atoms in total. The number of rotatable bonds is 8. The van der Waals surface area contributed by atoms with Crippen LogP contribution < -0.4 is 19.5 Å². The second-order valence-corrected chi connectivity index (χ2v) is 8.05. The van der Waals surface area contributed by atoms with Crippen LogP contribution in [-0.4, -0.2) is 51.1 Å². The van der Waals surface area contributed by atoms with E-state index in [2.05, 4.69) is 5.32 Å². The van der Waals surface area contributed by atoms with E-state index in [9.17, 15) is 9.59 Å². The molecule has 2 aromatic carbocycles. The number of nitrogens with zero attached hydrogens (tertiary/aromatic N) is 1. The molecule has 1 N–H and O–H groups in total. The molecule has 0 bridgehead atoms. The Morgan fingerprint density at radius 1 is 1.00 bits per heavy atom. The Hall–Kier alpha value is -3.22. The molecular formula is C25H32N2O5. The van der Waals surface area contributed by atoms with E-state index in [4.69, 9.17) is 14.2 Å². The van der Waals surface area contributed by atoms with Crippen LogP contribution >= 0.6 is 0 Å². The molecular weight excluding hydrogens is 408 g/mol. The maximum Gasteiger partial charge on any atom is 0.254 e. The average Bonchev–Trinajstić information content (AvgIpc) is 2.83. The van der Waals surface area contributed by atoms with Crippen molar-refractivity contribution < 1.29 is 23.8 Å². The number of carbonyl (C=O) groups excluding carboxylic acids is 2. The summed E-state index contributed by atoms with van der Waals surface area (Å²) in [6.07, 6.45) is 2.07. The molecule has 1 fully saturated rings. The highest BCUT2D eigenvalue weighted by Crippen LogP contribution is 2.38. The number of benzene rings is 2. The fourth-order valence-electron chi connectivity index (χ4n) is 4.11. The molecule has 172 valence electrons. The van der Waals surface area contributed by atoms with Gasteiger partial charge in [0.1, 0.15) is 0 Å². The number of amides is 2. The first kappa shape index (κ1) is 23.4. The molecule has 2 amide bonds. The third-order valence-corrected chi connectivity index (χ3v) is 5.96. The fourth-order valence-corrected chi connectivity index (χ4v) is 4.11. The SMILES string of the molecule is COc1cc(C(=O)N2CCC(CC(=O)NC(C)c3ccccc3)CC2)cc(OC)c1OC. The zero-order valence-corrected chi connectivity index (χ0v) is 19.2. The van der Waals surface area contributed by atoms with E-state index in [1.54, 1.807) is 12.1 Å². The second kappa shape index (κ2) is 10.9. The van der Waals surface area contributed by atoms with Crippen LogP contribution in [0.3, 0.4) is 0 Å². The molecule has 0 radical (unpaired) electrons. The molecule has 0 saturated carbocycles. The van der Waals surface area contributed by atoms with Gasteiger partial charge >= 0.3 is 0 Å². The van der Waals surface area contributed by atoms with Gasteiger partial charge < -0.3 is 24.4 Å². The van der Waals surface area contributed by atoms with Crippen LogP contribution in [0.4, 0.5) is 0 Å². The van der Waals surface area contributed by atoms with E-state index < -0.39 is 0 Å². The Kier molecular flexibility index (Phi) is 7.98. The van der Waals surface area contributed by atoms with Gasteiger partial charge in [0.2, 0.25) is 11.7 Å². The molecule has 0 aliphatic carbocycles. The predicted molar refractivity (Wildman–Crippen MR) is 122 cm³/mol. The van der Waals surface area contributed by atoms with Crippen molar-refractivity contribution in [3.63, 3.8) is 0 Å². The molecule has 0 aromatic heterocycles. The Balaban J connectivity index is 1.55. The van der Waals surface area contributed by atoms with Gasteiger partial charge in [0, 0.05) is 25.1 Å². The van der Waals surface area contributed by atoms with Crippen LogP contribution in [0.25, 0.3) is 0 Å². The number of likely N-dealkylation sites (tertiary alicyclic amines) is 1. The van der Waals surface area contributed by atoms with Gasteiger partial charge in [0.15, 0.2) is 11.5 Å². The molecule has 1 aliphatic rings. The largest absolute Gasteiger partial charge is 0.493 e. The number of carbonyl (C=O) groups is 2.